The van der Waals surface area contributed by atoms with Gasteiger partial charge in [0, 0.05) is 18.8 Å². The lowest BCUT2D eigenvalue weighted by Crippen LogP contribution is -2.51. The van der Waals surface area contributed by atoms with Gasteiger partial charge >= 0.3 is 5.97 Å². The van der Waals surface area contributed by atoms with Gasteiger partial charge < -0.3 is 10.2 Å². The highest BCUT2D eigenvalue weighted by molar-refractivity contribution is 5.81. The molecule has 2 unspecified atom stereocenters. The van der Waals surface area contributed by atoms with E-state index in [1.165, 1.54) is 0 Å². The molecule has 160 valence electrons. The lowest BCUT2D eigenvalue weighted by atomic mass is 9.49. The van der Waals surface area contributed by atoms with E-state index in [1.54, 1.807) is 0 Å². The molecule has 0 amide bonds. The molecule has 0 radical (unpaired) electrons. The average Bonchev–Trinajstić information content (AvgIpc) is 2.99. The smallest absolute Gasteiger partial charge is 0.303 e. The molecule has 0 heterocycles. The van der Waals surface area contributed by atoms with Crippen molar-refractivity contribution in [1.29, 1.82) is 0 Å². The van der Waals surface area contributed by atoms with Crippen LogP contribution in [0, 0.1) is 40.4 Å². The maximum absolute atomic E-state index is 13.2. The third-order valence-corrected chi connectivity index (χ3v) is 9.24. The predicted molar refractivity (Wildman–Crippen MR) is 110 cm³/mol. The van der Waals surface area contributed by atoms with Crippen LogP contribution in [-0.4, -0.2) is 28.1 Å². The largest absolute Gasteiger partial charge is 0.481 e. The number of carbonyl (C=O) groups is 2. The van der Waals surface area contributed by atoms with Gasteiger partial charge in [0.2, 0.25) is 0 Å². The van der Waals surface area contributed by atoms with E-state index in [9.17, 15) is 19.8 Å². The average molecular weight is 393 g/mol. The first kappa shape index (κ1) is 21.8. The lowest BCUT2D eigenvalue weighted by molar-refractivity contribution is -0.142. The molecule has 0 aromatic carbocycles. The Bertz CT molecular complexity index is 591. The molecule has 6 atom stereocenters. The molecule has 3 aliphatic carbocycles. The minimum Gasteiger partial charge on any atom is -0.481 e. The van der Waals surface area contributed by atoms with Crippen molar-refractivity contribution < 1.29 is 19.8 Å². The summed E-state index contributed by atoms with van der Waals surface area (Å²) in [6.45, 7) is 8.81. The highest BCUT2D eigenvalue weighted by Gasteiger charge is 2.59. The molecule has 3 aliphatic rings. The molecular formula is C24H40O4. The van der Waals surface area contributed by atoms with Crippen molar-refractivity contribution in [3.63, 3.8) is 0 Å². The molecule has 0 aliphatic heterocycles. The fourth-order valence-corrected chi connectivity index (χ4v) is 7.63. The number of ketones is 1. The van der Waals surface area contributed by atoms with Gasteiger partial charge in [-0.1, -0.05) is 27.7 Å². The van der Waals surface area contributed by atoms with E-state index in [1.807, 2.05) is 6.92 Å². The van der Waals surface area contributed by atoms with E-state index < -0.39 is 5.97 Å². The SMILES string of the molecule is CCC(=O)[C@@H]1C(C2(C)CCC(O)CC2)CC[C@@]2(C)C1CC[C@@H]2[C@H](C)CC(=O)O. The Morgan fingerprint density at radius 2 is 1.64 bits per heavy atom. The Balaban J connectivity index is 1.87. The van der Waals surface area contributed by atoms with E-state index in [4.69, 9.17) is 0 Å². The molecule has 3 saturated carbocycles. The number of hydrogen-bond acceptors (Lipinski definition) is 3. The summed E-state index contributed by atoms with van der Waals surface area (Å²) in [6.07, 6.45) is 8.75. The van der Waals surface area contributed by atoms with E-state index in [2.05, 4.69) is 20.8 Å². The van der Waals surface area contributed by atoms with Crippen LogP contribution in [0.3, 0.4) is 0 Å². The Kier molecular flexibility index (Phi) is 6.29. The van der Waals surface area contributed by atoms with Crippen LogP contribution < -0.4 is 0 Å². The summed E-state index contributed by atoms with van der Waals surface area (Å²) in [5.74, 6) is 1.21. The molecule has 0 spiro atoms. The Morgan fingerprint density at radius 3 is 2.21 bits per heavy atom. The topological polar surface area (TPSA) is 74.6 Å². The zero-order valence-electron chi connectivity index (χ0n) is 18.2. The monoisotopic (exact) mass is 392 g/mol. The molecule has 3 rings (SSSR count). The van der Waals surface area contributed by atoms with Gasteiger partial charge in [0.15, 0.2) is 0 Å². The first-order chi connectivity index (χ1) is 13.1. The molecular weight excluding hydrogens is 352 g/mol. The van der Waals surface area contributed by atoms with Crippen LogP contribution in [0.4, 0.5) is 0 Å². The second-order valence-electron chi connectivity index (χ2n) is 10.7. The number of Topliss-reactive ketones (excluding diaryl/α,β-unsaturated/α-hetero) is 1. The van der Waals surface area contributed by atoms with Crippen molar-refractivity contribution in [3.8, 4) is 0 Å². The zero-order chi connectivity index (χ0) is 20.7. The van der Waals surface area contributed by atoms with Crippen LogP contribution in [0.1, 0.15) is 91.9 Å². The van der Waals surface area contributed by atoms with Gasteiger partial charge in [-0.25, -0.2) is 0 Å². The maximum atomic E-state index is 13.2. The molecule has 0 aromatic heterocycles. The van der Waals surface area contributed by atoms with Crippen LogP contribution in [0.5, 0.6) is 0 Å². The molecule has 3 fully saturated rings. The predicted octanol–water partition coefficient (Wildman–Crippen LogP) is 5.08. The second kappa shape index (κ2) is 8.08. The fraction of sp³-hybridized carbons (Fsp3) is 0.917. The summed E-state index contributed by atoms with van der Waals surface area (Å²) in [6, 6.07) is 0. The maximum Gasteiger partial charge on any atom is 0.303 e. The van der Waals surface area contributed by atoms with Gasteiger partial charge in [0.05, 0.1) is 6.10 Å². The number of hydrogen-bond donors (Lipinski definition) is 2. The van der Waals surface area contributed by atoms with Crippen molar-refractivity contribution in [2.75, 3.05) is 0 Å². The van der Waals surface area contributed by atoms with Gasteiger partial charge in [0.25, 0.3) is 0 Å². The fourth-order valence-electron chi connectivity index (χ4n) is 7.63. The quantitative estimate of drug-likeness (QED) is 0.661. The minimum absolute atomic E-state index is 0.0887. The zero-order valence-corrected chi connectivity index (χ0v) is 18.2. The van der Waals surface area contributed by atoms with Crippen LogP contribution in [-0.2, 0) is 9.59 Å². The number of rotatable bonds is 6. The van der Waals surface area contributed by atoms with Crippen LogP contribution in [0.15, 0.2) is 0 Å². The van der Waals surface area contributed by atoms with E-state index in [0.29, 0.717) is 30.0 Å². The first-order valence-corrected chi connectivity index (χ1v) is 11.5. The number of carboxylic acid groups (broad SMARTS) is 1. The Hall–Kier alpha value is -0.900. The number of aliphatic hydroxyl groups excluding tert-OH is 1. The summed E-state index contributed by atoms with van der Waals surface area (Å²) in [5.41, 5.74) is 0.242. The highest BCUT2D eigenvalue weighted by Crippen LogP contribution is 2.64. The van der Waals surface area contributed by atoms with Gasteiger partial charge in [-0.15, -0.1) is 0 Å². The van der Waals surface area contributed by atoms with E-state index in [-0.39, 0.29) is 35.2 Å². The van der Waals surface area contributed by atoms with Crippen LogP contribution in [0.2, 0.25) is 0 Å². The standard InChI is InChI=1S/C24H40O4/c1-5-20(26)22-18(23(3)11-8-16(25)9-12-23)10-13-24(4)17(6-7-19(22)24)15(2)14-21(27)28/h15-19,22,25H,5-14H2,1-4H3,(H,27,28)/t15-,16?,17-,18?,19?,22-,23?,24-/m1/s1. The van der Waals surface area contributed by atoms with Crippen molar-refractivity contribution in [2.24, 2.45) is 40.4 Å². The summed E-state index contributed by atoms with van der Waals surface area (Å²) in [5, 5.41) is 19.3. The van der Waals surface area contributed by atoms with Crippen LogP contribution in [0.25, 0.3) is 0 Å². The molecule has 2 N–H and O–H groups in total. The first-order valence-electron chi connectivity index (χ1n) is 11.5. The third-order valence-electron chi connectivity index (χ3n) is 9.24. The van der Waals surface area contributed by atoms with Crippen molar-refractivity contribution in [1.82, 2.24) is 0 Å². The number of aliphatic hydroxyl groups is 1. The van der Waals surface area contributed by atoms with Crippen molar-refractivity contribution in [2.45, 2.75) is 98.0 Å². The molecule has 4 nitrogen and oxygen atoms in total. The van der Waals surface area contributed by atoms with Gasteiger partial charge in [0.1, 0.15) is 5.78 Å². The molecule has 28 heavy (non-hydrogen) atoms. The van der Waals surface area contributed by atoms with E-state index in [0.717, 1.165) is 51.4 Å². The van der Waals surface area contributed by atoms with Gasteiger partial charge in [-0.05, 0) is 85.9 Å². The normalized spacial score (nSPS) is 44.7. The van der Waals surface area contributed by atoms with Gasteiger partial charge in [-0.3, -0.25) is 9.59 Å². The number of fused-ring (bicyclic) bond motifs is 1. The van der Waals surface area contributed by atoms with Crippen LogP contribution >= 0.6 is 0 Å². The molecule has 0 saturated heterocycles. The Labute approximate surface area is 170 Å². The third kappa shape index (κ3) is 3.78. The van der Waals surface area contributed by atoms with Crippen molar-refractivity contribution in [3.05, 3.63) is 0 Å². The molecule has 4 heteroatoms. The minimum atomic E-state index is -0.706. The highest BCUT2D eigenvalue weighted by atomic mass is 16.4. The van der Waals surface area contributed by atoms with Crippen molar-refractivity contribution >= 4 is 11.8 Å². The summed E-state index contributed by atoms with van der Waals surface area (Å²) in [4.78, 5) is 24.5. The summed E-state index contributed by atoms with van der Waals surface area (Å²) < 4.78 is 0. The Morgan fingerprint density at radius 1 is 1.00 bits per heavy atom. The van der Waals surface area contributed by atoms with Gasteiger partial charge in [-0.2, -0.15) is 0 Å². The molecule has 0 aromatic rings. The summed E-state index contributed by atoms with van der Waals surface area (Å²) in [7, 11) is 0. The summed E-state index contributed by atoms with van der Waals surface area (Å²) >= 11 is 0. The number of aliphatic carboxylic acids is 1. The van der Waals surface area contributed by atoms with E-state index >= 15 is 0 Å². The number of carboxylic acids is 1. The number of carbonyl (C=O) groups excluding carboxylic acids is 1. The lowest BCUT2D eigenvalue weighted by Gasteiger charge is -2.55. The second-order valence-corrected chi connectivity index (χ2v) is 10.7. The molecule has 0 bridgehead atoms.